The van der Waals surface area contributed by atoms with Gasteiger partial charge in [0.25, 0.3) is 5.91 Å². The molecule has 3 aromatic rings. The highest BCUT2D eigenvalue weighted by Crippen LogP contribution is 2.18. The Kier molecular flexibility index (Phi) is 5.06. The smallest absolute Gasteiger partial charge is 0.278 e. The van der Waals surface area contributed by atoms with E-state index in [0.29, 0.717) is 11.4 Å². The van der Waals surface area contributed by atoms with E-state index >= 15 is 0 Å². The third-order valence-electron chi connectivity index (χ3n) is 3.61. The summed E-state index contributed by atoms with van der Waals surface area (Å²) in [6.07, 6.45) is 0. The second kappa shape index (κ2) is 7.59. The number of carbonyl (C=O) groups excluding carboxylic acids is 1. The maximum atomic E-state index is 12.6. The average molecular weight is 338 g/mol. The Morgan fingerprint density at radius 1 is 1.08 bits per heavy atom. The van der Waals surface area contributed by atoms with Crippen LogP contribution in [0.5, 0.6) is 5.75 Å². The Hall–Kier alpha value is -3.19. The van der Waals surface area contributed by atoms with Crippen molar-refractivity contribution in [2.75, 3.05) is 19.5 Å². The number of amides is 1. The summed E-state index contributed by atoms with van der Waals surface area (Å²) in [4.78, 5) is 12.6. The number of methoxy groups -OCH3 is 2. The zero-order chi connectivity index (χ0) is 17.6. The summed E-state index contributed by atoms with van der Waals surface area (Å²) in [5.41, 5.74) is 2.25. The summed E-state index contributed by atoms with van der Waals surface area (Å²) < 4.78 is 12.0. The first-order chi connectivity index (χ1) is 12.2. The largest absolute Gasteiger partial charge is 0.497 e. The summed E-state index contributed by atoms with van der Waals surface area (Å²) in [7, 11) is 3.16. The molecule has 3 rings (SSSR count). The molecular formula is C18H18N4O3. The number of carbonyl (C=O) groups is 1. The van der Waals surface area contributed by atoms with E-state index in [1.165, 1.54) is 0 Å². The summed E-state index contributed by atoms with van der Waals surface area (Å²) in [6.45, 7) is 0.205. The number of nitrogens with one attached hydrogen (secondary N) is 1. The first kappa shape index (κ1) is 16.7. The lowest BCUT2D eigenvalue weighted by atomic mass is 10.2. The topological polar surface area (TPSA) is 78.3 Å². The lowest BCUT2D eigenvalue weighted by Gasteiger charge is -2.08. The Labute approximate surface area is 145 Å². The van der Waals surface area contributed by atoms with Crippen molar-refractivity contribution in [1.82, 2.24) is 15.0 Å². The van der Waals surface area contributed by atoms with Gasteiger partial charge in [0.1, 0.15) is 11.4 Å². The van der Waals surface area contributed by atoms with Crippen molar-refractivity contribution in [2.45, 2.75) is 6.61 Å². The van der Waals surface area contributed by atoms with E-state index in [4.69, 9.17) is 9.47 Å². The van der Waals surface area contributed by atoms with Gasteiger partial charge in [-0.3, -0.25) is 4.79 Å². The van der Waals surface area contributed by atoms with Crippen molar-refractivity contribution in [2.24, 2.45) is 0 Å². The van der Waals surface area contributed by atoms with Crippen molar-refractivity contribution < 1.29 is 14.3 Å². The number of hydrogen-bond acceptors (Lipinski definition) is 5. The molecule has 128 valence electrons. The van der Waals surface area contributed by atoms with Gasteiger partial charge in [-0.25, -0.2) is 4.68 Å². The fourth-order valence-electron chi connectivity index (χ4n) is 2.39. The van der Waals surface area contributed by atoms with E-state index in [1.54, 1.807) is 18.9 Å². The van der Waals surface area contributed by atoms with Crippen LogP contribution in [0.3, 0.4) is 0 Å². The standard InChI is InChI=1S/C18H18N4O3/c1-24-12-16-17(18(23)19-13-6-4-3-5-7-13)20-21-22(16)14-8-10-15(25-2)11-9-14/h3-11H,12H2,1-2H3,(H,19,23). The molecule has 7 heteroatoms. The molecule has 0 fully saturated rings. The van der Waals surface area contributed by atoms with Crippen LogP contribution in [0.25, 0.3) is 5.69 Å². The summed E-state index contributed by atoms with van der Waals surface area (Å²) in [5.74, 6) is 0.400. The summed E-state index contributed by atoms with van der Waals surface area (Å²) in [6, 6.07) is 16.5. The second-order valence-corrected chi connectivity index (χ2v) is 5.25. The highest BCUT2D eigenvalue weighted by molar-refractivity contribution is 6.03. The highest BCUT2D eigenvalue weighted by Gasteiger charge is 2.20. The Morgan fingerprint density at radius 2 is 1.80 bits per heavy atom. The minimum atomic E-state index is -0.335. The van der Waals surface area contributed by atoms with Gasteiger partial charge < -0.3 is 14.8 Å². The maximum absolute atomic E-state index is 12.6. The molecule has 1 N–H and O–H groups in total. The molecule has 1 heterocycles. The van der Waals surface area contributed by atoms with Gasteiger partial charge in [0.05, 0.1) is 19.4 Å². The fourth-order valence-corrected chi connectivity index (χ4v) is 2.39. The van der Waals surface area contributed by atoms with Crippen LogP contribution >= 0.6 is 0 Å². The van der Waals surface area contributed by atoms with E-state index in [1.807, 2.05) is 54.6 Å². The lowest BCUT2D eigenvalue weighted by molar-refractivity contribution is 0.101. The van der Waals surface area contributed by atoms with E-state index in [9.17, 15) is 4.79 Å². The molecule has 0 aliphatic rings. The second-order valence-electron chi connectivity index (χ2n) is 5.25. The van der Waals surface area contributed by atoms with Gasteiger partial charge in [0.15, 0.2) is 5.69 Å². The van der Waals surface area contributed by atoms with Crippen LogP contribution < -0.4 is 10.1 Å². The summed E-state index contributed by atoms with van der Waals surface area (Å²) in [5, 5.41) is 11.0. The molecular weight excluding hydrogens is 320 g/mol. The monoisotopic (exact) mass is 338 g/mol. The van der Waals surface area contributed by atoms with Gasteiger partial charge in [-0.1, -0.05) is 23.4 Å². The van der Waals surface area contributed by atoms with Crippen LogP contribution in [-0.4, -0.2) is 35.1 Å². The minimum absolute atomic E-state index is 0.205. The molecule has 7 nitrogen and oxygen atoms in total. The number of nitrogens with zero attached hydrogens (tertiary/aromatic N) is 3. The number of benzene rings is 2. The molecule has 1 amide bonds. The number of hydrogen-bond donors (Lipinski definition) is 1. The van der Waals surface area contributed by atoms with Gasteiger partial charge in [-0.15, -0.1) is 5.10 Å². The van der Waals surface area contributed by atoms with Crippen molar-refractivity contribution in [1.29, 1.82) is 0 Å². The van der Waals surface area contributed by atoms with Crippen LogP contribution in [0.1, 0.15) is 16.2 Å². The van der Waals surface area contributed by atoms with E-state index < -0.39 is 0 Å². The van der Waals surface area contributed by atoms with E-state index in [0.717, 1.165) is 11.4 Å². The van der Waals surface area contributed by atoms with Crippen molar-refractivity contribution in [3.05, 3.63) is 66.0 Å². The van der Waals surface area contributed by atoms with Crippen LogP contribution in [0.4, 0.5) is 5.69 Å². The van der Waals surface area contributed by atoms with E-state index in [-0.39, 0.29) is 18.2 Å². The van der Waals surface area contributed by atoms with Crippen molar-refractivity contribution >= 4 is 11.6 Å². The molecule has 0 atom stereocenters. The number of para-hydroxylation sites is 1. The quantitative estimate of drug-likeness (QED) is 0.747. The first-order valence-corrected chi connectivity index (χ1v) is 7.67. The Bertz CT molecular complexity index is 845. The molecule has 0 spiro atoms. The van der Waals surface area contributed by atoms with Crippen molar-refractivity contribution in [3.63, 3.8) is 0 Å². The molecule has 0 radical (unpaired) electrons. The molecule has 0 unspecified atom stereocenters. The zero-order valence-electron chi connectivity index (χ0n) is 14.0. The maximum Gasteiger partial charge on any atom is 0.278 e. The van der Waals surface area contributed by atoms with Crippen LogP contribution in [-0.2, 0) is 11.3 Å². The molecule has 0 aliphatic heterocycles. The highest BCUT2D eigenvalue weighted by atomic mass is 16.5. The van der Waals surface area contributed by atoms with Crippen LogP contribution in [0.2, 0.25) is 0 Å². The first-order valence-electron chi connectivity index (χ1n) is 7.67. The number of rotatable bonds is 6. The van der Waals surface area contributed by atoms with E-state index in [2.05, 4.69) is 15.6 Å². The van der Waals surface area contributed by atoms with Crippen LogP contribution in [0, 0.1) is 0 Å². The molecule has 25 heavy (non-hydrogen) atoms. The average Bonchev–Trinajstić information content (AvgIpc) is 3.07. The number of anilines is 1. The van der Waals surface area contributed by atoms with Gasteiger partial charge in [-0.2, -0.15) is 0 Å². The Morgan fingerprint density at radius 3 is 2.44 bits per heavy atom. The van der Waals surface area contributed by atoms with Crippen molar-refractivity contribution in [3.8, 4) is 11.4 Å². The molecule has 0 aliphatic carbocycles. The van der Waals surface area contributed by atoms with Crippen LogP contribution in [0.15, 0.2) is 54.6 Å². The minimum Gasteiger partial charge on any atom is -0.497 e. The predicted molar refractivity (Wildman–Crippen MR) is 93.0 cm³/mol. The molecule has 0 saturated carbocycles. The number of ether oxygens (including phenoxy) is 2. The third-order valence-corrected chi connectivity index (χ3v) is 3.61. The summed E-state index contributed by atoms with van der Waals surface area (Å²) >= 11 is 0. The molecule has 0 bridgehead atoms. The van der Waals surface area contributed by atoms with Gasteiger partial charge in [0, 0.05) is 12.8 Å². The zero-order valence-corrected chi connectivity index (χ0v) is 14.0. The Balaban J connectivity index is 1.92. The molecule has 0 saturated heterocycles. The number of aromatic nitrogens is 3. The normalized spacial score (nSPS) is 10.5. The van der Waals surface area contributed by atoms with Gasteiger partial charge in [-0.05, 0) is 36.4 Å². The third kappa shape index (κ3) is 3.67. The van der Waals surface area contributed by atoms with Gasteiger partial charge >= 0.3 is 0 Å². The molecule has 2 aromatic carbocycles. The lowest BCUT2D eigenvalue weighted by Crippen LogP contribution is -2.16. The predicted octanol–water partition coefficient (Wildman–Crippen LogP) is 2.67. The molecule has 1 aromatic heterocycles. The fraction of sp³-hybridized carbons (Fsp3) is 0.167. The van der Waals surface area contributed by atoms with Gasteiger partial charge in [0.2, 0.25) is 0 Å². The SMILES string of the molecule is COCc1c(C(=O)Nc2ccccc2)nnn1-c1ccc(OC)cc1.